The molecule has 0 spiro atoms. The van der Waals surface area contributed by atoms with Crippen molar-refractivity contribution in [3.05, 3.63) is 26.1 Å². The molecule has 0 atom stereocenters. The number of hydrogen-bond acceptors (Lipinski definition) is 1. The highest BCUT2D eigenvalue weighted by Crippen LogP contribution is 2.36. The topological polar surface area (TPSA) is 9.23 Å². The molecule has 0 bridgehead atoms. The highest BCUT2D eigenvalue weighted by atomic mass is 79.9. The maximum atomic E-state index is 5.84. The van der Waals surface area contributed by atoms with Gasteiger partial charge in [0.15, 0.2) is 0 Å². The molecule has 0 aromatic heterocycles. The summed E-state index contributed by atoms with van der Waals surface area (Å²) in [6.07, 6.45) is 0.147. The van der Waals surface area contributed by atoms with E-state index in [1.807, 2.05) is 26.0 Å². The van der Waals surface area contributed by atoms with E-state index in [4.69, 9.17) is 16.3 Å². The van der Waals surface area contributed by atoms with Gasteiger partial charge in [0.05, 0.1) is 15.0 Å². The SMILES string of the molecule is CC(C)Oc1c(Br)cc(Cl)cc1Br. The van der Waals surface area contributed by atoms with Gasteiger partial charge in [-0.15, -0.1) is 0 Å². The Hall–Kier alpha value is 0.270. The van der Waals surface area contributed by atoms with Crippen molar-refractivity contribution in [1.29, 1.82) is 0 Å². The van der Waals surface area contributed by atoms with Gasteiger partial charge in [-0.3, -0.25) is 0 Å². The van der Waals surface area contributed by atoms with Crippen molar-refractivity contribution in [2.24, 2.45) is 0 Å². The van der Waals surface area contributed by atoms with Crippen molar-refractivity contribution in [2.45, 2.75) is 20.0 Å². The average Bonchev–Trinajstić information content (AvgIpc) is 1.96. The molecule has 1 nitrogen and oxygen atoms in total. The molecule has 0 unspecified atom stereocenters. The normalized spacial score (nSPS) is 10.6. The van der Waals surface area contributed by atoms with Crippen LogP contribution in [0.15, 0.2) is 21.1 Å². The zero-order valence-electron chi connectivity index (χ0n) is 7.27. The van der Waals surface area contributed by atoms with Gasteiger partial charge in [-0.25, -0.2) is 0 Å². The quantitative estimate of drug-likeness (QED) is 0.768. The minimum atomic E-state index is 0.147. The Morgan fingerprint density at radius 1 is 1.23 bits per heavy atom. The van der Waals surface area contributed by atoms with Gasteiger partial charge in [-0.2, -0.15) is 0 Å². The van der Waals surface area contributed by atoms with Crippen LogP contribution in [-0.4, -0.2) is 6.10 Å². The lowest BCUT2D eigenvalue weighted by atomic mass is 10.3. The Morgan fingerprint density at radius 2 is 1.69 bits per heavy atom. The lowest BCUT2D eigenvalue weighted by molar-refractivity contribution is 0.239. The molecule has 0 fully saturated rings. The van der Waals surface area contributed by atoms with Gasteiger partial charge in [-0.05, 0) is 57.8 Å². The predicted octanol–water partition coefficient (Wildman–Crippen LogP) is 4.65. The van der Waals surface area contributed by atoms with Gasteiger partial charge in [0.25, 0.3) is 0 Å². The molecular formula is C9H9Br2ClO. The summed E-state index contributed by atoms with van der Waals surface area (Å²) in [5.74, 6) is 0.791. The second-order valence-electron chi connectivity index (χ2n) is 2.87. The molecular weight excluding hydrogens is 319 g/mol. The lowest BCUT2D eigenvalue weighted by Gasteiger charge is -2.13. The van der Waals surface area contributed by atoms with Crippen LogP contribution in [0.5, 0.6) is 5.75 Å². The van der Waals surface area contributed by atoms with E-state index in [-0.39, 0.29) is 6.10 Å². The second kappa shape index (κ2) is 4.67. The summed E-state index contributed by atoms with van der Waals surface area (Å²) < 4.78 is 7.30. The van der Waals surface area contributed by atoms with E-state index < -0.39 is 0 Å². The van der Waals surface area contributed by atoms with Gasteiger partial charge < -0.3 is 4.74 Å². The molecule has 0 amide bonds. The third-order valence-electron chi connectivity index (χ3n) is 1.32. The summed E-state index contributed by atoms with van der Waals surface area (Å²) in [6.45, 7) is 3.96. The largest absolute Gasteiger partial charge is 0.489 e. The molecule has 0 N–H and O–H groups in total. The maximum Gasteiger partial charge on any atom is 0.148 e. The molecule has 0 heterocycles. The summed E-state index contributed by atoms with van der Waals surface area (Å²) >= 11 is 12.6. The fourth-order valence-electron chi connectivity index (χ4n) is 0.877. The van der Waals surface area contributed by atoms with Crippen molar-refractivity contribution in [3.8, 4) is 5.75 Å². The highest BCUT2D eigenvalue weighted by molar-refractivity contribution is 9.11. The van der Waals surface area contributed by atoms with Crippen LogP contribution >= 0.6 is 43.5 Å². The molecule has 0 aliphatic carbocycles. The molecule has 0 aliphatic heterocycles. The van der Waals surface area contributed by atoms with Crippen molar-refractivity contribution in [3.63, 3.8) is 0 Å². The number of benzene rings is 1. The van der Waals surface area contributed by atoms with E-state index in [2.05, 4.69) is 31.9 Å². The van der Waals surface area contributed by atoms with Gasteiger partial charge in [0.2, 0.25) is 0 Å². The number of halogens is 3. The zero-order valence-corrected chi connectivity index (χ0v) is 11.2. The standard InChI is InChI=1S/C9H9Br2ClO/c1-5(2)13-9-7(10)3-6(12)4-8(9)11/h3-5H,1-2H3. The summed E-state index contributed by atoms with van der Waals surface area (Å²) in [7, 11) is 0. The van der Waals surface area contributed by atoms with Gasteiger partial charge in [0, 0.05) is 5.02 Å². The van der Waals surface area contributed by atoms with E-state index in [9.17, 15) is 0 Å². The third kappa shape index (κ3) is 3.15. The summed E-state index contributed by atoms with van der Waals surface area (Å²) in [4.78, 5) is 0. The number of rotatable bonds is 2. The van der Waals surface area contributed by atoms with Crippen LogP contribution in [0.4, 0.5) is 0 Å². The third-order valence-corrected chi connectivity index (χ3v) is 2.71. The van der Waals surface area contributed by atoms with Crippen molar-refractivity contribution in [2.75, 3.05) is 0 Å². The highest BCUT2D eigenvalue weighted by Gasteiger charge is 2.09. The van der Waals surface area contributed by atoms with Crippen LogP contribution in [0.3, 0.4) is 0 Å². The van der Waals surface area contributed by atoms with Gasteiger partial charge in [-0.1, -0.05) is 11.6 Å². The zero-order chi connectivity index (χ0) is 10.0. The Labute approximate surface area is 99.7 Å². The smallest absolute Gasteiger partial charge is 0.148 e. The molecule has 1 aromatic rings. The molecule has 0 radical (unpaired) electrons. The Kier molecular flexibility index (Phi) is 4.07. The fourth-order valence-corrected chi connectivity index (χ4v) is 2.73. The van der Waals surface area contributed by atoms with E-state index in [0.29, 0.717) is 5.02 Å². The summed E-state index contributed by atoms with van der Waals surface area (Å²) in [5, 5.41) is 0.676. The Balaban J connectivity index is 3.06. The number of hydrogen-bond donors (Lipinski definition) is 0. The molecule has 4 heteroatoms. The first-order chi connectivity index (χ1) is 6.00. The van der Waals surface area contributed by atoms with Crippen LogP contribution in [0.2, 0.25) is 5.02 Å². The first-order valence-electron chi connectivity index (χ1n) is 3.82. The average molecular weight is 328 g/mol. The summed E-state index contributed by atoms with van der Waals surface area (Å²) in [5.41, 5.74) is 0. The number of ether oxygens (including phenoxy) is 1. The van der Waals surface area contributed by atoms with Crippen LogP contribution in [-0.2, 0) is 0 Å². The molecule has 13 heavy (non-hydrogen) atoms. The van der Waals surface area contributed by atoms with Crippen LogP contribution in [0, 0.1) is 0 Å². The molecule has 0 saturated heterocycles. The van der Waals surface area contributed by atoms with Gasteiger partial charge >= 0.3 is 0 Å². The van der Waals surface area contributed by atoms with Gasteiger partial charge in [0.1, 0.15) is 5.75 Å². The van der Waals surface area contributed by atoms with E-state index in [1.54, 1.807) is 0 Å². The molecule has 0 aliphatic rings. The van der Waals surface area contributed by atoms with E-state index in [0.717, 1.165) is 14.7 Å². The maximum absolute atomic E-state index is 5.84. The van der Waals surface area contributed by atoms with Crippen LogP contribution in [0.1, 0.15) is 13.8 Å². The Morgan fingerprint density at radius 3 is 2.08 bits per heavy atom. The predicted molar refractivity (Wildman–Crippen MR) is 62.6 cm³/mol. The molecule has 1 rings (SSSR count). The minimum absolute atomic E-state index is 0.147. The first-order valence-corrected chi connectivity index (χ1v) is 5.78. The minimum Gasteiger partial charge on any atom is -0.489 e. The molecule has 72 valence electrons. The van der Waals surface area contributed by atoms with Crippen molar-refractivity contribution in [1.82, 2.24) is 0 Å². The Bertz CT molecular complexity index is 289. The second-order valence-corrected chi connectivity index (χ2v) is 5.01. The van der Waals surface area contributed by atoms with E-state index >= 15 is 0 Å². The first kappa shape index (κ1) is 11.3. The van der Waals surface area contributed by atoms with Crippen LogP contribution in [0.25, 0.3) is 0 Å². The fraction of sp³-hybridized carbons (Fsp3) is 0.333. The monoisotopic (exact) mass is 326 g/mol. The summed E-state index contributed by atoms with van der Waals surface area (Å²) in [6, 6.07) is 3.62. The van der Waals surface area contributed by atoms with Crippen molar-refractivity contribution >= 4 is 43.5 Å². The van der Waals surface area contributed by atoms with Crippen molar-refractivity contribution < 1.29 is 4.74 Å². The lowest BCUT2D eigenvalue weighted by Crippen LogP contribution is -2.06. The molecule has 0 saturated carbocycles. The van der Waals surface area contributed by atoms with E-state index in [1.165, 1.54) is 0 Å². The van der Waals surface area contributed by atoms with Crippen LogP contribution < -0.4 is 4.74 Å². The molecule has 1 aromatic carbocycles.